The molecule has 582 valence electrons. The van der Waals surface area contributed by atoms with Gasteiger partial charge in [0, 0.05) is 25.7 Å². The predicted molar refractivity (Wildman–Crippen MR) is 400 cm³/mol. The number of esters is 4. The van der Waals surface area contributed by atoms with Gasteiger partial charge in [0.1, 0.15) is 19.3 Å². The molecule has 0 aliphatic rings. The van der Waals surface area contributed by atoms with Gasteiger partial charge in [-0.15, -0.1) is 0 Å². The molecule has 3 N–H and O–H groups in total. The monoisotopic (exact) mass is 1440 g/mol. The van der Waals surface area contributed by atoms with Gasteiger partial charge in [-0.25, -0.2) is 9.13 Å². The van der Waals surface area contributed by atoms with Gasteiger partial charge >= 0.3 is 39.5 Å². The van der Waals surface area contributed by atoms with E-state index in [0.29, 0.717) is 25.7 Å². The van der Waals surface area contributed by atoms with Crippen LogP contribution in [0.1, 0.15) is 414 Å². The van der Waals surface area contributed by atoms with Gasteiger partial charge < -0.3 is 33.8 Å². The third kappa shape index (κ3) is 72.4. The molecule has 5 atom stereocenters. The summed E-state index contributed by atoms with van der Waals surface area (Å²) in [6.45, 7) is 9.62. The lowest BCUT2D eigenvalue weighted by Crippen LogP contribution is -2.30. The van der Waals surface area contributed by atoms with Gasteiger partial charge in [-0.05, 0) is 37.5 Å². The van der Waals surface area contributed by atoms with Crippen molar-refractivity contribution >= 4 is 39.5 Å². The van der Waals surface area contributed by atoms with Crippen molar-refractivity contribution < 1.29 is 80.2 Å². The molecule has 98 heavy (non-hydrogen) atoms. The van der Waals surface area contributed by atoms with Gasteiger partial charge in [0.15, 0.2) is 12.2 Å². The first kappa shape index (κ1) is 96.1. The van der Waals surface area contributed by atoms with E-state index in [9.17, 15) is 43.2 Å². The molecule has 0 aromatic carbocycles. The number of unbranched alkanes of at least 4 members (excludes halogenated alkanes) is 48. The van der Waals surface area contributed by atoms with Crippen LogP contribution in [0.2, 0.25) is 0 Å². The minimum atomic E-state index is -4.96. The summed E-state index contributed by atoms with van der Waals surface area (Å²) in [7, 11) is -9.92. The molecule has 0 aromatic heterocycles. The summed E-state index contributed by atoms with van der Waals surface area (Å²) in [4.78, 5) is 73.0. The Hall–Kier alpha value is -1.94. The fourth-order valence-corrected chi connectivity index (χ4v) is 13.8. The second-order valence-corrected chi connectivity index (χ2v) is 32.3. The zero-order chi connectivity index (χ0) is 72.1. The Morgan fingerprint density at radius 3 is 0.694 bits per heavy atom. The van der Waals surface area contributed by atoms with Crippen molar-refractivity contribution in [2.45, 2.75) is 432 Å². The molecule has 0 aromatic rings. The van der Waals surface area contributed by atoms with E-state index in [1.807, 2.05) is 0 Å². The Morgan fingerprint density at radius 2 is 0.469 bits per heavy atom. The third-order valence-electron chi connectivity index (χ3n) is 18.5. The summed E-state index contributed by atoms with van der Waals surface area (Å²) in [6.07, 6.45) is 59.5. The molecule has 0 rings (SSSR count). The van der Waals surface area contributed by atoms with Crippen LogP contribution in [0, 0.1) is 11.8 Å². The lowest BCUT2D eigenvalue weighted by atomic mass is 10.0. The summed E-state index contributed by atoms with van der Waals surface area (Å²) < 4.78 is 68.7. The molecule has 0 saturated heterocycles. The lowest BCUT2D eigenvalue weighted by molar-refractivity contribution is -0.161. The summed E-state index contributed by atoms with van der Waals surface area (Å²) in [5.41, 5.74) is 0. The largest absolute Gasteiger partial charge is 0.472 e. The quantitative estimate of drug-likeness (QED) is 0.0222. The van der Waals surface area contributed by atoms with Crippen LogP contribution in [0.5, 0.6) is 0 Å². The normalized spacial score (nSPS) is 13.9. The summed E-state index contributed by atoms with van der Waals surface area (Å²) in [5.74, 6) is -0.583. The van der Waals surface area contributed by atoms with E-state index in [1.54, 1.807) is 0 Å². The van der Waals surface area contributed by atoms with Crippen molar-refractivity contribution in [1.82, 2.24) is 0 Å². The van der Waals surface area contributed by atoms with E-state index in [-0.39, 0.29) is 25.7 Å². The van der Waals surface area contributed by atoms with Crippen LogP contribution in [-0.4, -0.2) is 96.7 Å². The van der Waals surface area contributed by atoms with Crippen LogP contribution >= 0.6 is 15.6 Å². The Morgan fingerprint density at radius 1 is 0.276 bits per heavy atom. The number of aliphatic hydroxyl groups excluding tert-OH is 1. The van der Waals surface area contributed by atoms with Gasteiger partial charge in [-0.3, -0.25) is 37.3 Å². The number of hydrogen-bond acceptors (Lipinski definition) is 15. The van der Waals surface area contributed by atoms with Crippen molar-refractivity contribution in [3.8, 4) is 0 Å². The van der Waals surface area contributed by atoms with Crippen LogP contribution in [0.25, 0.3) is 0 Å². The van der Waals surface area contributed by atoms with Crippen molar-refractivity contribution in [3.05, 3.63) is 0 Å². The number of hydrogen-bond donors (Lipinski definition) is 3. The zero-order valence-corrected chi connectivity index (χ0v) is 65.9. The highest BCUT2D eigenvalue weighted by atomic mass is 31.2. The maximum absolute atomic E-state index is 13.1. The van der Waals surface area contributed by atoms with Gasteiger partial charge in [-0.1, -0.05) is 363 Å². The minimum Gasteiger partial charge on any atom is -0.462 e. The van der Waals surface area contributed by atoms with E-state index >= 15 is 0 Å². The molecule has 19 heteroatoms. The Labute approximate surface area is 600 Å². The highest BCUT2D eigenvalue weighted by Gasteiger charge is 2.30. The molecule has 0 amide bonds. The fourth-order valence-electron chi connectivity index (χ4n) is 12.2. The van der Waals surface area contributed by atoms with E-state index in [4.69, 9.17) is 37.0 Å². The number of phosphoric ester groups is 2. The molecular formula is C79H154O17P2. The van der Waals surface area contributed by atoms with Gasteiger partial charge in [0.25, 0.3) is 0 Å². The topological polar surface area (TPSA) is 237 Å². The van der Waals surface area contributed by atoms with Crippen LogP contribution < -0.4 is 0 Å². The highest BCUT2D eigenvalue weighted by molar-refractivity contribution is 7.47. The molecule has 0 bridgehead atoms. The predicted octanol–water partition coefficient (Wildman–Crippen LogP) is 23.5. The SMILES string of the molecule is CCCCCCCCCCCCCCCCCCCC(=O)O[C@H](COC(=O)CCCCCCCCCCCCCCC(C)C)COP(=O)(O)OC[C@@H](O)COP(=O)(O)OC[C@@H](COC(=O)CCCCCCCCCCCC(C)C)OC(=O)CCCCCCCCCCCCCCCC. The van der Waals surface area contributed by atoms with E-state index < -0.39 is 97.5 Å². The van der Waals surface area contributed by atoms with Gasteiger partial charge in [-0.2, -0.15) is 0 Å². The van der Waals surface area contributed by atoms with Gasteiger partial charge in [0.05, 0.1) is 26.4 Å². The van der Waals surface area contributed by atoms with Crippen LogP contribution in [0.3, 0.4) is 0 Å². The smallest absolute Gasteiger partial charge is 0.462 e. The molecule has 0 saturated carbocycles. The van der Waals surface area contributed by atoms with Crippen molar-refractivity contribution in [2.75, 3.05) is 39.6 Å². The maximum Gasteiger partial charge on any atom is 0.472 e. The first-order valence-corrected chi connectivity index (χ1v) is 44.0. The zero-order valence-electron chi connectivity index (χ0n) is 64.1. The number of phosphoric acid groups is 2. The van der Waals surface area contributed by atoms with Crippen molar-refractivity contribution in [1.29, 1.82) is 0 Å². The highest BCUT2D eigenvalue weighted by Crippen LogP contribution is 2.45. The third-order valence-corrected chi connectivity index (χ3v) is 20.4. The number of carbonyl (C=O) groups excluding carboxylic acids is 4. The Bertz CT molecular complexity index is 1890. The Balaban J connectivity index is 5.26. The first-order chi connectivity index (χ1) is 47.4. The molecular weight excluding hydrogens is 1280 g/mol. The van der Waals surface area contributed by atoms with Crippen LogP contribution in [0.15, 0.2) is 0 Å². The molecule has 17 nitrogen and oxygen atoms in total. The molecule has 0 fully saturated rings. The fraction of sp³-hybridized carbons (Fsp3) is 0.949. The molecule has 0 aliphatic heterocycles. The Kier molecular flexibility index (Phi) is 69.3. The minimum absolute atomic E-state index is 0.108. The van der Waals surface area contributed by atoms with Gasteiger partial charge in [0.2, 0.25) is 0 Å². The summed E-state index contributed by atoms with van der Waals surface area (Å²) in [6, 6.07) is 0. The van der Waals surface area contributed by atoms with Crippen LogP contribution in [0.4, 0.5) is 0 Å². The number of carbonyl (C=O) groups is 4. The van der Waals surface area contributed by atoms with Crippen molar-refractivity contribution in [3.63, 3.8) is 0 Å². The second-order valence-electron chi connectivity index (χ2n) is 29.4. The summed E-state index contributed by atoms with van der Waals surface area (Å²) in [5, 5.41) is 10.6. The number of rotatable bonds is 78. The van der Waals surface area contributed by atoms with E-state index in [2.05, 4.69) is 41.5 Å². The molecule has 0 heterocycles. The second kappa shape index (κ2) is 70.7. The molecule has 0 aliphatic carbocycles. The van der Waals surface area contributed by atoms with E-state index in [0.717, 1.165) is 102 Å². The number of ether oxygens (including phenoxy) is 4. The standard InChI is InChI=1S/C79H154O17P2/c1-7-9-11-13-15-17-19-21-23-24-25-27-33-39-46-52-58-64-79(84)95-74(67-89-76(81)61-55-49-43-37-31-29-28-30-35-41-47-53-59-71(3)4)69-93-97(85,86)91-65-73(80)66-92-98(87,88)94-70-75(68-90-77(82)62-56-50-44-40-34-36-42-48-54-60-72(5)6)96-78(83)63-57-51-45-38-32-26-22-20-18-16-14-12-10-8-2/h71-75,80H,7-70H2,1-6H3,(H,85,86)(H,87,88)/t73-,74-,75-/m1/s1. The first-order valence-electron chi connectivity index (χ1n) is 41.0. The summed E-state index contributed by atoms with van der Waals surface area (Å²) >= 11 is 0. The average molecular weight is 1440 g/mol. The van der Waals surface area contributed by atoms with E-state index in [1.165, 1.54) is 231 Å². The average Bonchev–Trinajstić information content (AvgIpc) is 1.09. The maximum atomic E-state index is 13.1. The lowest BCUT2D eigenvalue weighted by Gasteiger charge is -2.21. The van der Waals surface area contributed by atoms with Crippen molar-refractivity contribution in [2.24, 2.45) is 11.8 Å². The molecule has 0 spiro atoms. The molecule has 2 unspecified atom stereocenters. The molecule has 0 radical (unpaired) electrons. The number of aliphatic hydroxyl groups is 1. The van der Waals surface area contributed by atoms with Crippen LogP contribution in [-0.2, 0) is 65.4 Å².